The van der Waals surface area contributed by atoms with Crippen LogP contribution in [-0.2, 0) is 9.53 Å². The van der Waals surface area contributed by atoms with Crippen LogP contribution in [0.1, 0.15) is 19.3 Å². The number of piperidine rings is 1. The molecule has 1 rings (SSSR count). The average Bonchev–Trinajstić information content (AvgIpc) is 2.20. The lowest BCUT2D eigenvalue weighted by Gasteiger charge is -2.21. The number of carbonyl (C=O) groups excluding carboxylic acids is 1. The Labute approximate surface area is 97.5 Å². The Morgan fingerprint density at radius 3 is 2.73 bits per heavy atom. The van der Waals surface area contributed by atoms with Gasteiger partial charge in [0, 0.05) is 20.1 Å². The molecule has 0 aromatic rings. The average molecular weight is 237 g/mol. The molecule has 1 saturated heterocycles. The van der Waals surface area contributed by atoms with Crippen LogP contribution in [0.4, 0.5) is 0 Å². The van der Waals surface area contributed by atoms with Crippen molar-refractivity contribution in [3.63, 3.8) is 0 Å². The minimum Gasteiger partial charge on any atom is -0.383 e. The van der Waals surface area contributed by atoms with E-state index < -0.39 is 0 Å². The van der Waals surface area contributed by atoms with E-state index in [9.17, 15) is 4.79 Å². The molecule has 0 unspecified atom stereocenters. The second-order valence-electron chi connectivity index (χ2n) is 3.74. The molecule has 5 heteroatoms. The predicted molar refractivity (Wildman–Crippen MR) is 62.3 cm³/mol. The molecule has 1 fully saturated rings. The Hall–Kier alpha value is -0.320. The van der Waals surface area contributed by atoms with Crippen molar-refractivity contribution in [2.45, 2.75) is 19.3 Å². The molecular formula is C10H21ClN2O2. The Balaban J connectivity index is 0.00000196. The molecule has 15 heavy (non-hydrogen) atoms. The van der Waals surface area contributed by atoms with Crippen LogP contribution >= 0.6 is 12.4 Å². The number of rotatable bonds is 5. The summed E-state index contributed by atoms with van der Waals surface area (Å²) in [5, 5.41) is 6.14. The van der Waals surface area contributed by atoms with Gasteiger partial charge in [-0.25, -0.2) is 0 Å². The van der Waals surface area contributed by atoms with Crippen molar-refractivity contribution in [1.82, 2.24) is 10.6 Å². The van der Waals surface area contributed by atoms with Crippen LogP contribution < -0.4 is 10.6 Å². The Kier molecular flexibility index (Phi) is 8.76. The lowest BCUT2D eigenvalue weighted by atomic mass is 9.94. The number of hydrogen-bond acceptors (Lipinski definition) is 3. The molecule has 0 bridgehead atoms. The first-order valence-electron chi connectivity index (χ1n) is 5.29. The summed E-state index contributed by atoms with van der Waals surface area (Å²) in [6.45, 7) is 3.32. The van der Waals surface area contributed by atoms with Gasteiger partial charge < -0.3 is 15.4 Å². The highest BCUT2D eigenvalue weighted by molar-refractivity contribution is 5.85. The van der Waals surface area contributed by atoms with Crippen LogP contribution in [0.15, 0.2) is 0 Å². The third kappa shape index (κ3) is 6.71. The fourth-order valence-electron chi connectivity index (χ4n) is 1.71. The fraction of sp³-hybridized carbons (Fsp3) is 0.900. The molecule has 0 atom stereocenters. The summed E-state index contributed by atoms with van der Waals surface area (Å²) in [7, 11) is 1.64. The molecule has 1 aliphatic rings. The Bertz CT molecular complexity index is 173. The maximum Gasteiger partial charge on any atom is 0.220 e. The van der Waals surface area contributed by atoms with Gasteiger partial charge in [0.2, 0.25) is 5.91 Å². The van der Waals surface area contributed by atoms with Gasteiger partial charge >= 0.3 is 0 Å². The second kappa shape index (κ2) is 8.95. The van der Waals surface area contributed by atoms with Gasteiger partial charge in [0.15, 0.2) is 0 Å². The maximum absolute atomic E-state index is 11.4. The maximum atomic E-state index is 11.4. The van der Waals surface area contributed by atoms with Gasteiger partial charge in [0.05, 0.1) is 6.61 Å². The van der Waals surface area contributed by atoms with Crippen LogP contribution in [0.2, 0.25) is 0 Å². The highest BCUT2D eigenvalue weighted by Crippen LogP contribution is 2.15. The number of amides is 1. The first-order valence-corrected chi connectivity index (χ1v) is 5.29. The van der Waals surface area contributed by atoms with Crippen LogP contribution in [0.5, 0.6) is 0 Å². The van der Waals surface area contributed by atoms with Crippen molar-refractivity contribution >= 4 is 18.3 Å². The Morgan fingerprint density at radius 1 is 1.47 bits per heavy atom. The van der Waals surface area contributed by atoms with Gasteiger partial charge in [-0.15, -0.1) is 12.4 Å². The summed E-state index contributed by atoms with van der Waals surface area (Å²) < 4.78 is 4.86. The molecule has 1 amide bonds. The van der Waals surface area contributed by atoms with E-state index in [0.29, 0.717) is 25.5 Å². The summed E-state index contributed by atoms with van der Waals surface area (Å²) in [5.41, 5.74) is 0. The van der Waals surface area contributed by atoms with Crippen LogP contribution in [0.3, 0.4) is 0 Å². The molecule has 0 aromatic carbocycles. The molecule has 1 aliphatic heterocycles. The van der Waals surface area contributed by atoms with E-state index in [-0.39, 0.29) is 18.3 Å². The van der Waals surface area contributed by atoms with Gasteiger partial charge in [0.25, 0.3) is 0 Å². The van der Waals surface area contributed by atoms with E-state index in [0.717, 1.165) is 25.9 Å². The molecule has 2 N–H and O–H groups in total. The fourth-order valence-corrected chi connectivity index (χ4v) is 1.71. The Morgan fingerprint density at radius 2 is 2.13 bits per heavy atom. The number of halogens is 1. The van der Waals surface area contributed by atoms with Crippen LogP contribution in [0.25, 0.3) is 0 Å². The lowest BCUT2D eigenvalue weighted by Crippen LogP contribution is -2.33. The van der Waals surface area contributed by atoms with Crippen molar-refractivity contribution in [2.75, 3.05) is 33.4 Å². The van der Waals surface area contributed by atoms with Crippen molar-refractivity contribution < 1.29 is 9.53 Å². The zero-order chi connectivity index (χ0) is 10.2. The van der Waals surface area contributed by atoms with Crippen molar-refractivity contribution in [2.24, 2.45) is 5.92 Å². The number of hydrogen-bond donors (Lipinski definition) is 2. The summed E-state index contributed by atoms with van der Waals surface area (Å²) in [4.78, 5) is 11.4. The van der Waals surface area contributed by atoms with E-state index in [4.69, 9.17) is 4.74 Å². The van der Waals surface area contributed by atoms with E-state index >= 15 is 0 Å². The van der Waals surface area contributed by atoms with E-state index in [1.165, 1.54) is 0 Å². The molecule has 90 valence electrons. The summed E-state index contributed by atoms with van der Waals surface area (Å²) in [6.07, 6.45) is 2.92. The largest absolute Gasteiger partial charge is 0.383 e. The summed E-state index contributed by atoms with van der Waals surface area (Å²) in [5.74, 6) is 0.729. The zero-order valence-corrected chi connectivity index (χ0v) is 10.1. The van der Waals surface area contributed by atoms with Crippen molar-refractivity contribution in [3.05, 3.63) is 0 Å². The van der Waals surface area contributed by atoms with Crippen molar-refractivity contribution in [1.29, 1.82) is 0 Å². The predicted octanol–water partition coefficient (Wildman–Crippen LogP) is 0.560. The quantitative estimate of drug-likeness (QED) is 0.686. The normalized spacial score (nSPS) is 16.9. The number of nitrogens with one attached hydrogen (secondary N) is 2. The minimum atomic E-state index is 0. The third-order valence-electron chi connectivity index (χ3n) is 2.56. The van der Waals surface area contributed by atoms with Gasteiger partial charge in [-0.05, 0) is 31.8 Å². The van der Waals surface area contributed by atoms with E-state index in [1.807, 2.05) is 0 Å². The summed E-state index contributed by atoms with van der Waals surface area (Å²) in [6, 6.07) is 0. The molecule has 0 radical (unpaired) electrons. The third-order valence-corrected chi connectivity index (χ3v) is 2.56. The van der Waals surface area contributed by atoms with Gasteiger partial charge in [-0.2, -0.15) is 0 Å². The van der Waals surface area contributed by atoms with Gasteiger partial charge in [0.1, 0.15) is 0 Å². The molecular weight excluding hydrogens is 216 g/mol. The van der Waals surface area contributed by atoms with Gasteiger partial charge in [-0.3, -0.25) is 4.79 Å². The van der Waals surface area contributed by atoms with E-state index in [2.05, 4.69) is 10.6 Å². The van der Waals surface area contributed by atoms with E-state index in [1.54, 1.807) is 7.11 Å². The first kappa shape index (κ1) is 14.7. The topological polar surface area (TPSA) is 50.4 Å². The highest BCUT2D eigenvalue weighted by atomic mass is 35.5. The zero-order valence-electron chi connectivity index (χ0n) is 9.25. The monoisotopic (exact) mass is 236 g/mol. The smallest absolute Gasteiger partial charge is 0.220 e. The molecule has 0 aromatic heterocycles. The molecule has 0 saturated carbocycles. The molecule has 0 spiro atoms. The minimum absolute atomic E-state index is 0. The highest BCUT2D eigenvalue weighted by Gasteiger charge is 2.16. The number of methoxy groups -OCH3 is 1. The standard InChI is InChI=1S/C10H20N2O2.ClH/c1-14-7-6-12-10(13)8-9-2-4-11-5-3-9;/h9,11H,2-8H2,1H3,(H,12,13);1H. The molecule has 0 aliphatic carbocycles. The van der Waals surface area contributed by atoms with Crippen LogP contribution in [0, 0.1) is 5.92 Å². The number of carbonyl (C=O) groups is 1. The summed E-state index contributed by atoms with van der Waals surface area (Å²) >= 11 is 0. The molecule has 1 heterocycles. The molecule has 4 nitrogen and oxygen atoms in total. The number of ether oxygens (including phenoxy) is 1. The van der Waals surface area contributed by atoms with Crippen LogP contribution in [-0.4, -0.2) is 39.3 Å². The van der Waals surface area contributed by atoms with Gasteiger partial charge in [-0.1, -0.05) is 0 Å². The lowest BCUT2D eigenvalue weighted by molar-refractivity contribution is -0.122. The van der Waals surface area contributed by atoms with Crippen molar-refractivity contribution in [3.8, 4) is 0 Å². The SMILES string of the molecule is COCCNC(=O)CC1CCNCC1.Cl. The first-order chi connectivity index (χ1) is 6.83. The second-order valence-corrected chi connectivity index (χ2v) is 3.74.